The summed E-state index contributed by atoms with van der Waals surface area (Å²) in [7, 11) is 0. The number of nitrogens with two attached hydrogens (primary N) is 1. The first kappa shape index (κ1) is 26.2. The zero-order valence-electron chi connectivity index (χ0n) is 15.2. The van der Waals surface area contributed by atoms with Crippen molar-refractivity contribution in [3.05, 3.63) is 11.7 Å². The van der Waals surface area contributed by atoms with Crippen molar-refractivity contribution in [2.75, 3.05) is 6.61 Å². The van der Waals surface area contributed by atoms with Gasteiger partial charge in [0.15, 0.2) is 11.9 Å². The second kappa shape index (κ2) is 14.2. The molecule has 0 radical (unpaired) electrons. The molecular formula is C15H25N5O7. The number of carbonyl (C=O) groups is 3. The minimum Gasteiger partial charge on any atom is -0.480 e. The third-order valence-electron chi connectivity index (χ3n) is 2.45. The van der Waals surface area contributed by atoms with Gasteiger partial charge in [-0.3, -0.25) is 0 Å². The molecule has 0 fully saturated rings. The Labute approximate surface area is 156 Å². The number of rotatable bonds is 7. The van der Waals surface area contributed by atoms with Gasteiger partial charge in [0.2, 0.25) is 5.89 Å². The van der Waals surface area contributed by atoms with Crippen LogP contribution >= 0.6 is 0 Å². The van der Waals surface area contributed by atoms with Crippen molar-refractivity contribution in [2.24, 2.45) is 5.73 Å². The zero-order valence-corrected chi connectivity index (χ0v) is 15.2. The lowest BCUT2D eigenvalue weighted by molar-refractivity contribution is -0.141. The van der Waals surface area contributed by atoms with Gasteiger partial charge in [0.1, 0.15) is 5.78 Å². The van der Waals surface area contributed by atoms with Crippen molar-refractivity contribution in [3.63, 3.8) is 0 Å². The van der Waals surface area contributed by atoms with Crippen LogP contribution in [-0.2, 0) is 16.1 Å². The summed E-state index contributed by atoms with van der Waals surface area (Å²) >= 11 is 0. The summed E-state index contributed by atoms with van der Waals surface area (Å²) in [6, 6.07) is -3.05. The van der Waals surface area contributed by atoms with E-state index in [-0.39, 0.29) is 30.7 Å². The summed E-state index contributed by atoms with van der Waals surface area (Å²) in [5.41, 5.74) is 5.47. The molecule has 12 heteroatoms. The Morgan fingerprint density at radius 3 is 2.22 bits per heavy atom. The lowest BCUT2D eigenvalue weighted by atomic mass is 10.2. The summed E-state index contributed by atoms with van der Waals surface area (Å²) in [6.45, 7) is 3.77. The highest BCUT2D eigenvalue weighted by atomic mass is 16.5. The van der Waals surface area contributed by atoms with Crippen LogP contribution in [0.25, 0.3) is 0 Å². The quantitative estimate of drug-likeness (QED) is 0.300. The van der Waals surface area contributed by atoms with Gasteiger partial charge in [0.25, 0.3) is 0 Å². The fourth-order valence-corrected chi connectivity index (χ4v) is 1.31. The fourth-order valence-electron chi connectivity index (χ4n) is 1.31. The van der Waals surface area contributed by atoms with Crippen molar-refractivity contribution in [3.8, 4) is 12.8 Å². The SMILES string of the molecule is C#C.CC(C)=O.CC(O)C(NC(=O)NCc1nc([C@@H](N)CO)no1)C(=O)O. The van der Waals surface area contributed by atoms with Crippen LogP contribution in [0.5, 0.6) is 0 Å². The average molecular weight is 387 g/mol. The largest absolute Gasteiger partial charge is 0.480 e. The highest BCUT2D eigenvalue weighted by molar-refractivity contribution is 5.82. The van der Waals surface area contributed by atoms with Crippen LogP contribution in [0, 0.1) is 12.8 Å². The Kier molecular flexibility index (Phi) is 13.8. The van der Waals surface area contributed by atoms with Gasteiger partial charge >= 0.3 is 12.0 Å². The predicted octanol–water partition coefficient (Wildman–Crippen LogP) is -1.46. The zero-order chi connectivity index (χ0) is 21.6. The summed E-state index contributed by atoms with van der Waals surface area (Å²) < 4.78 is 4.78. The summed E-state index contributed by atoms with van der Waals surface area (Å²) in [5, 5.41) is 34.7. The van der Waals surface area contributed by atoms with Crippen LogP contribution < -0.4 is 16.4 Å². The molecule has 1 aromatic heterocycles. The van der Waals surface area contributed by atoms with E-state index in [2.05, 4.69) is 33.6 Å². The topological polar surface area (TPSA) is 201 Å². The van der Waals surface area contributed by atoms with Crippen molar-refractivity contribution in [1.29, 1.82) is 0 Å². The molecule has 1 rings (SSSR count). The number of carbonyl (C=O) groups excluding carboxylic acids is 2. The highest BCUT2D eigenvalue weighted by Crippen LogP contribution is 2.04. The molecule has 2 unspecified atom stereocenters. The number of Topliss-reactive ketones (excluding diaryl/α,β-unsaturated/α-hetero) is 1. The van der Waals surface area contributed by atoms with E-state index in [1.54, 1.807) is 0 Å². The van der Waals surface area contributed by atoms with Crippen LogP contribution in [0.2, 0.25) is 0 Å². The molecule has 0 aliphatic carbocycles. The number of nitrogens with zero attached hydrogens (tertiary/aromatic N) is 2. The van der Waals surface area contributed by atoms with E-state index >= 15 is 0 Å². The molecule has 0 spiro atoms. The summed E-state index contributed by atoms with van der Waals surface area (Å²) in [6.07, 6.45) is 6.74. The first-order chi connectivity index (χ1) is 12.6. The molecule has 0 bridgehead atoms. The van der Waals surface area contributed by atoms with Gasteiger partial charge in [-0.1, -0.05) is 5.16 Å². The van der Waals surface area contributed by atoms with E-state index in [1.165, 1.54) is 20.8 Å². The molecule has 2 amide bonds. The second-order valence-corrected chi connectivity index (χ2v) is 5.13. The fraction of sp³-hybridized carbons (Fsp3) is 0.533. The van der Waals surface area contributed by atoms with E-state index in [4.69, 9.17) is 20.5 Å². The monoisotopic (exact) mass is 387 g/mol. The molecule has 0 saturated carbocycles. The maximum absolute atomic E-state index is 11.5. The molecule has 0 aromatic carbocycles. The van der Waals surface area contributed by atoms with Gasteiger partial charge in [-0.2, -0.15) is 4.98 Å². The number of aromatic nitrogens is 2. The molecular weight excluding hydrogens is 362 g/mol. The minimum absolute atomic E-state index is 0.0352. The van der Waals surface area contributed by atoms with Crippen molar-refractivity contribution < 1.29 is 34.2 Å². The lowest BCUT2D eigenvalue weighted by Crippen LogP contribution is -2.51. The van der Waals surface area contributed by atoms with Crippen molar-refractivity contribution >= 4 is 17.8 Å². The summed E-state index contributed by atoms with van der Waals surface area (Å²) in [4.78, 5) is 35.5. The number of hydrogen-bond donors (Lipinski definition) is 6. The van der Waals surface area contributed by atoms with E-state index in [0.717, 1.165) is 0 Å². The molecule has 12 nitrogen and oxygen atoms in total. The smallest absolute Gasteiger partial charge is 0.328 e. The predicted molar refractivity (Wildman–Crippen MR) is 93.0 cm³/mol. The number of amides is 2. The summed E-state index contributed by atoms with van der Waals surface area (Å²) in [5.74, 6) is -1.08. The molecule has 0 aliphatic rings. The molecule has 7 N–H and O–H groups in total. The van der Waals surface area contributed by atoms with E-state index in [0.29, 0.717) is 0 Å². The molecule has 3 atom stereocenters. The van der Waals surface area contributed by atoms with Crippen molar-refractivity contribution in [1.82, 2.24) is 20.8 Å². The third-order valence-corrected chi connectivity index (χ3v) is 2.45. The number of ketones is 1. The number of urea groups is 1. The van der Waals surface area contributed by atoms with Gasteiger partial charge in [-0.05, 0) is 20.8 Å². The third kappa shape index (κ3) is 12.1. The number of carboxylic acid groups (broad SMARTS) is 1. The number of aliphatic carboxylic acids is 1. The van der Waals surface area contributed by atoms with Gasteiger partial charge < -0.3 is 41.0 Å². The molecule has 152 valence electrons. The number of aliphatic hydroxyl groups is 2. The van der Waals surface area contributed by atoms with Gasteiger partial charge in [-0.25, -0.2) is 9.59 Å². The van der Waals surface area contributed by atoms with Gasteiger partial charge in [-0.15, -0.1) is 12.8 Å². The van der Waals surface area contributed by atoms with Crippen LogP contribution in [0.15, 0.2) is 4.52 Å². The van der Waals surface area contributed by atoms with Crippen LogP contribution in [-0.4, -0.2) is 62.0 Å². The standard InChI is InChI=1S/C10H17N5O6.C3H6O.C2H2/c1-4(17)7(9(18)19)14-10(20)12-2-6-13-8(15-21-6)5(11)3-16;1-3(2)4;1-2/h4-5,7,16-17H,2-3,11H2,1H3,(H,18,19)(H2,12,14,20);1-2H3;1-2H/t4?,5-,7?;;/m0../s1. The normalized spacial score (nSPS) is 12.7. The van der Waals surface area contributed by atoms with Crippen molar-refractivity contribution in [2.45, 2.75) is 45.5 Å². The Hall–Kier alpha value is -3.01. The first-order valence-corrected chi connectivity index (χ1v) is 7.53. The molecule has 27 heavy (non-hydrogen) atoms. The Morgan fingerprint density at radius 1 is 1.30 bits per heavy atom. The van der Waals surface area contributed by atoms with Crippen LogP contribution in [0.1, 0.15) is 38.5 Å². The van der Waals surface area contributed by atoms with Crippen LogP contribution in [0.3, 0.4) is 0 Å². The average Bonchev–Trinajstić information content (AvgIpc) is 3.07. The van der Waals surface area contributed by atoms with E-state index in [1.807, 2.05) is 0 Å². The number of hydrogen-bond acceptors (Lipinski definition) is 9. The number of aliphatic hydroxyl groups excluding tert-OH is 2. The Balaban J connectivity index is 0. The molecule has 0 saturated heterocycles. The maximum Gasteiger partial charge on any atom is 0.328 e. The van der Waals surface area contributed by atoms with Gasteiger partial charge in [0, 0.05) is 0 Å². The molecule has 1 heterocycles. The number of carboxylic acids is 1. The maximum atomic E-state index is 11.5. The molecule has 0 aliphatic heterocycles. The van der Waals surface area contributed by atoms with E-state index < -0.39 is 30.2 Å². The first-order valence-electron chi connectivity index (χ1n) is 7.53. The highest BCUT2D eigenvalue weighted by Gasteiger charge is 2.25. The Morgan fingerprint density at radius 2 is 1.81 bits per heavy atom. The minimum atomic E-state index is -1.44. The Bertz CT molecular complexity index is 611. The number of nitrogens with one attached hydrogen (secondary N) is 2. The molecule has 1 aromatic rings. The number of terminal acetylenes is 1. The lowest BCUT2D eigenvalue weighted by Gasteiger charge is -2.16. The second-order valence-electron chi connectivity index (χ2n) is 5.13. The van der Waals surface area contributed by atoms with Crippen LogP contribution in [0.4, 0.5) is 4.79 Å². The van der Waals surface area contributed by atoms with Gasteiger partial charge in [0.05, 0.1) is 25.3 Å². The van der Waals surface area contributed by atoms with E-state index in [9.17, 15) is 19.5 Å².